The fraction of sp³-hybridized carbons (Fsp3) is 0.211. The van der Waals surface area contributed by atoms with E-state index in [0.717, 1.165) is 11.3 Å². The van der Waals surface area contributed by atoms with E-state index < -0.39 is 17.7 Å². The summed E-state index contributed by atoms with van der Waals surface area (Å²) in [4.78, 5) is 40.1. The predicted octanol–water partition coefficient (Wildman–Crippen LogP) is 1.20. The van der Waals surface area contributed by atoms with Gasteiger partial charge < -0.3 is 10.8 Å². The number of nitrogens with zero attached hydrogens (tertiary/aromatic N) is 3. The van der Waals surface area contributed by atoms with Crippen LogP contribution in [0.5, 0.6) is 5.75 Å². The van der Waals surface area contributed by atoms with Crippen LogP contribution < -0.4 is 16.6 Å². The summed E-state index contributed by atoms with van der Waals surface area (Å²) in [5.41, 5.74) is 12.5. The van der Waals surface area contributed by atoms with Gasteiger partial charge in [0.25, 0.3) is 11.8 Å². The number of halogens is 1. The maximum Gasteiger partial charge on any atom is 0.273 e. The largest absolute Gasteiger partial charge is 0.507 e. The van der Waals surface area contributed by atoms with Gasteiger partial charge in [0.15, 0.2) is 5.65 Å². The molecule has 0 fully saturated rings. The summed E-state index contributed by atoms with van der Waals surface area (Å²) in [5, 5.41) is 14.1. The molecular weight excluding hydrogens is 412 g/mol. The number of primary amides is 1. The molecule has 10 nitrogen and oxygen atoms in total. The molecule has 0 saturated heterocycles. The number of hydrazine groups is 1. The maximum absolute atomic E-state index is 12.2. The Kier molecular flexibility index (Phi) is 5.88. The molecule has 30 heavy (non-hydrogen) atoms. The fourth-order valence-corrected chi connectivity index (χ4v) is 3.20. The highest BCUT2D eigenvalue weighted by atomic mass is 35.5. The van der Waals surface area contributed by atoms with E-state index >= 15 is 0 Å². The smallest absolute Gasteiger partial charge is 0.273 e. The number of fused-ring (bicyclic) bond motifs is 1. The average Bonchev–Trinajstić information content (AvgIpc) is 3.12. The van der Waals surface area contributed by atoms with Gasteiger partial charge in [-0.25, -0.2) is 9.50 Å². The summed E-state index contributed by atoms with van der Waals surface area (Å²) in [6, 6.07) is 4.01. The molecule has 156 valence electrons. The first kappa shape index (κ1) is 21.1. The molecule has 0 atom stereocenters. The number of aryl methyl sites for hydroxylation is 2. The van der Waals surface area contributed by atoms with Crippen LogP contribution in [0, 0.1) is 13.8 Å². The quantitative estimate of drug-likeness (QED) is 0.446. The normalized spacial score (nSPS) is 10.8. The Morgan fingerprint density at radius 2 is 1.93 bits per heavy atom. The zero-order valence-corrected chi connectivity index (χ0v) is 16.9. The monoisotopic (exact) mass is 430 g/mol. The van der Waals surface area contributed by atoms with E-state index in [0.29, 0.717) is 17.8 Å². The minimum atomic E-state index is -0.700. The van der Waals surface area contributed by atoms with Crippen LogP contribution in [0.2, 0.25) is 5.02 Å². The number of carbonyl (C=O) groups is 3. The molecule has 0 radical (unpaired) electrons. The molecule has 1 aromatic carbocycles. The molecule has 0 aliphatic rings. The van der Waals surface area contributed by atoms with E-state index in [1.807, 2.05) is 0 Å². The Morgan fingerprint density at radius 3 is 2.63 bits per heavy atom. The van der Waals surface area contributed by atoms with E-state index in [1.165, 1.54) is 28.9 Å². The Hall–Kier alpha value is -3.66. The second kappa shape index (κ2) is 8.37. The van der Waals surface area contributed by atoms with Gasteiger partial charge in [0, 0.05) is 22.8 Å². The molecule has 0 saturated carbocycles. The molecule has 3 rings (SSSR count). The van der Waals surface area contributed by atoms with Gasteiger partial charge in [-0.05, 0) is 44.0 Å². The van der Waals surface area contributed by atoms with Gasteiger partial charge in [0.05, 0.1) is 11.8 Å². The standard InChI is InChI=1S/C19H19ClN6O4/c1-9-12(10(2)26-18(23-9)14(8-22-26)17(21)29)4-6-16(28)24-25-19(30)13-7-11(20)3-5-15(13)27/h3,5,7-8,27H,4,6H2,1-2H3,(H2,21,29)(H,24,28)(H,25,30). The van der Waals surface area contributed by atoms with E-state index in [9.17, 15) is 19.5 Å². The Labute approximate surface area is 176 Å². The van der Waals surface area contributed by atoms with Crippen molar-refractivity contribution >= 4 is 35.0 Å². The molecular formula is C19H19ClN6O4. The summed E-state index contributed by atoms with van der Waals surface area (Å²) < 4.78 is 1.50. The molecule has 0 aliphatic carbocycles. The Balaban J connectivity index is 1.66. The number of hydrogen-bond acceptors (Lipinski definition) is 6. The van der Waals surface area contributed by atoms with Crippen LogP contribution in [0.3, 0.4) is 0 Å². The number of hydrogen-bond donors (Lipinski definition) is 4. The van der Waals surface area contributed by atoms with Crippen LogP contribution in [0.15, 0.2) is 24.4 Å². The van der Waals surface area contributed by atoms with E-state index in [-0.39, 0.29) is 28.3 Å². The molecule has 0 bridgehead atoms. The van der Waals surface area contributed by atoms with E-state index in [1.54, 1.807) is 13.8 Å². The van der Waals surface area contributed by atoms with E-state index in [4.69, 9.17) is 17.3 Å². The number of aromatic hydroxyl groups is 1. The number of carbonyl (C=O) groups excluding carboxylic acids is 3. The summed E-state index contributed by atoms with van der Waals surface area (Å²) in [5.74, 6) is -2.02. The second-order valence-corrected chi connectivity index (χ2v) is 7.02. The molecule has 5 N–H and O–H groups in total. The van der Waals surface area contributed by atoms with Crippen LogP contribution in [0.4, 0.5) is 0 Å². The maximum atomic E-state index is 12.2. The Bertz CT molecular complexity index is 1170. The van der Waals surface area contributed by atoms with Crippen molar-refractivity contribution in [2.24, 2.45) is 5.73 Å². The van der Waals surface area contributed by atoms with Gasteiger partial charge >= 0.3 is 0 Å². The Morgan fingerprint density at radius 1 is 1.20 bits per heavy atom. The van der Waals surface area contributed by atoms with Crippen LogP contribution in [-0.4, -0.2) is 37.4 Å². The number of benzene rings is 1. The number of aromatic nitrogens is 3. The number of amides is 3. The van der Waals surface area contributed by atoms with Gasteiger partial charge in [-0.1, -0.05) is 11.6 Å². The van der Waals surface area contributed by atoms with Gasteiger partial charge in [-0.15, -0.1) is 0 Å². The highest BCUT2D eigenvalue weighted by molar-refractivity contribution is 6.31. The van der Waals surface area contributed by atoms with Crippen molar-refractivity contribution < 1.29 is 19.5 Å². The third-order valence-electron chi connectivity index (χ3n) is 4.59. The number of nitrogens with two attached hydrogens (primary N) is 1. The summed E-state index contributed by atoms with van der Waals surface area (Å²) in [7, 11) is 0. The molecule has 0 unspecified atom stereocenters. The lowest BCUT2D eigenvalue weighted by molar-refractivity contribution is -0.121. The zero-order chi connectivity index (χ0) is 22.0. The highest BCUT2D eigenvalue weighted by Crippen LogP contribution is 2.21. The highest BCUT2D eigenvalue weighted by Gasteiger charge is 2.18. The average molecular weight is 431 g/mol. The lowest BCUT2D eigenvalue weighted by Crippen LogP contribution is -2.41. The first-order valence-electron chi connectivity index (χ1n) is 8.90. The summed E-state index contributed by atoms with van der Waals surface area (Å²) >= 11 is 5.81. The third kappa shape index (κ3) is 4.18. The molecule has 0 spiro atoms. The van der Waals surface area contributed by atoms with Crippen LogP contribution in [-0.2, 0) is 11.2 Å². The number of phenols is 1. The summed E-state index contributed by atoms with van der Waals surface area (Å²) in [6.45, 7) is 3.57. The molecule has 0 aliphatic heterocycles. The summed E-state index contributed by atoms with van der Waals surface area (Å²) in [6.07, 6.45) is 1.74. The third-order valence-corrected chi connectivity index (χ3v) is 4.83. The van der Waals surface area contributed by atoms with Gasteiger partial charge in [-0.2, -0.15) is 5.10 Å². The van der Waals surface area contributed by atoms with Crippen molar-refractivity contribution in [2.45, 2.75) is 26.7 Å². The van der Waals surface area contributed by atoms with Crippen molar-refractivity contribution in [2.75, 3.05) is 0 Å². The van der Waals surface area contributed by atoms with Crippen molar-refractivity contribution in [3.8, 4) is 5.75 Å². The molecule has 3 amide bonds. The number of rotatable bonds is 5. The van der Waals surface area contributed by atoms with E-state index in [2.05, 4.69) is 20.9 Å². The van der Waals surface area contributed by atoms with Crippen LogP contribution in [0.25, 0.3) is 5.65 Å². The number of nitrogens with one attached hydrogen (secondary N) is 2. The predicted molar refractivity (Wildman–Crippen MR) is 108 cm³/mol. The molecule has 3 aromatic rings. The fourth-order valence-electron chi connectivity index (χ4n) is 3.03. The van der Waals surface area contributed by atoms with Crippen LogP contribution in [0.1, 0.15) is 44.1 Å². The minimum Gasteiger partial charge on any atom is -0.507 e. The first-order valence-corrected chi connectivity index (χ1v) is 9.28. The van der Waals surface area contributed by atoms with Gasteiger partial charge in [-0.3, -0.25) is 25.2 Å². The van der Waals surface area contributed by atoms with Crippen molar-refractivity contribution in [3.05, 3.63) is 57.5 Å². The molecule has 11 heteroatoms. The van der Waals surface area contributed by atoms with Gasteiger partial charge in [0.2, 0.25) is 5.91 Å². The van der Waals surface area contributed by atoms with Crippen molar-refractivity contribution in [1.82, 2.24) is 25.4 Å². The SMILES string of the molecule is Cc1nc2c(C(N)=O)cnn2c(C)c1CCC(=O)NNC(=O)c1cc(Cl)ccc1O. The molecule has 2 aromatic heterocycles. The number of phenolic OH excluding ortho intramolecular Hbond substituents is 1. The van der Waals surface area contributed by atoms with Gasteiger partial charge in [0.1, 0.15) is 11.3 Å². The lowest BCUT2D eigenvalue weighted by Gasteiger charge is -2.12. The minimum absolute atomic E-state index is 0.0562. The molecule has 2 heterocycles. The van der Waals surface area contributed by atoms with Crippen molar-refractivity contribution in [3.63, 3.8) is 0 Å². The lowest BCUT2D eigenvalue weighted by atomic mass is 10.1. The first-order chi connectivity index (χ1) is 14.2. The second-order valence-electron chi connectivity index (χ2n) is 6.58. The topological polar surface area (TPSA) is 152 Å². The van der Waals surface area contributed by atoms with Crippen molar-refractivity contribution in [1.29, 1.82) is 0 Å². The van der Waals surface area contributed by atoms with Crippen LogP contribution >= 0.6 is 11.6 Å². The zero-order valence-electron chi connectivity index (χ0n) is 16.2.